The van der Waals surface area contributed by atoms with Crippen molar-refractivity contribution in [3.63, 3.8) is 0 Å². The topological polar surface area (TPSA) is 116 Å². The van der Waals surface area contributed by atoms with Crippen LogP contribution in [0, 0.1) is 17.0 Å². The molecule has 1 aliphatic heterocycles. The molecule has 1 amide bonds. The molecule has 4 rings (SSSR count). The molecule has 2 aromatic heterocycles. The Bertz CT molecular complexity index is 1250. The van der Waals surface area contributed by atoms with Gasteiger partial charge in [-0.1, -0.05) is 18.7 Å². The van der Waals surface area contributed by atoms with Gasteiger partial charge in [-0.3, -0.25) is 24.3 Å². The van der Waals surface area contributed by atoms with Crippen molar-refractivity contribution in [2.75, 3.05) is 17.7 Å². The molecule has 0 radical (unpaired) electrons. The normalized spacial score (nSPS) is 15.8. The summed E-state index contributed by atoms with van der Waals surface area (Å²) in [6.07, 6.45) is 2.57. The van der Waals surface area contributed by atoms with Gasteiger partial charge < -0.3 is 10.1 Å². The number of carbonyl (C=O) groups is 1. The number of nitrogens with one attached hydrogen (secondary N) is 1. The van der Waals surface area contributed by atoms with Crippen molar-refractivity contribution in [3.05, 3.63) is 55.2 Å². The zero-order valence-corrected chi connectivity index (χ0v) is 20.0. The van der Waals surface area contributed by atoms with Crippen LogP contribution in [0.1, 0.15) is 30.2 Å². The molecule has 1 aromatic carbocycles. The molecule has 1 aliphatic rings. The van der Waals surface area contributed by atoms with E-state index in [1.165, 1.54) is 47.4 Å². The molecule has 3 aromatic rings. The van der Waals surface area contributed by atoms with Crippen LogP contribution in [0.4, 0.5) is 11.4 Å². The number of aromatic nitrogens is 2. The van der Waals surface area contributed by atoms with Gasteiger partial charge in [-0.15, -0.1) is 11.3 Å². The molecule has 0 aliphatic carbocycles. The van der Waals surface area contributed by atoms with Crippen molar-refractivity contribution in [1.29, 1.82) is 0 Å². The highest BCUT2D eigenvalue weighted by atomic mass is 32.2. The van der Waals surface area contributed by atoms with Crippen molar-refractivity contribution in [2.24, 2.45) is 0 Å². The third-order valence-electron chi connectivity index (χ3n) is 5.54. The van der Waals surface area contributed by atoms with E-state index in [4.69, 9.17) is 9.72 Å². The predicted octanol–water partition coefficient (Wildman–Crippen LogP) is 4.15. The molecule has 33 heavy (non-hydrogen) atoms. The second-order valence-corrected chi connectivity index (χ2v) is 9.90. The summed E-state index contributed by atoms with van der Waals surface area (Å²) in [7, 11) is 0. The molecular formula is C22H24N4O5S2. The standard InChI is InChI=1S/C22H24N4O5S2/c1-3-17-13(2)33-20-19(17)21(28)25(11-16-5-4-10-31-16)22(24-20)32-12-18(27)23-14-6-8-15(9-7-14)26(29)30/h6-9,16H,3-5,10-12H2,1-2H3,(H,23,27). The molecule has 9 nitrogen and oxygen atoms in total. The zero-order valence-electron chi connectivity index (χ0n) is 18.3. The average Bonchev–Trinajstić information content (AvgIpc) is 3.41. The van der Waals surface area contributed by atoms with Gasteiger partial charge in [0.1, 0.15) is 4.83 Å². The predicted molar refractivity (Wildman–Crippen MR) is 129 cm³/mol. The molecule has 1 unspecified atom stereocenters. The fourth-order valence-corrected chi connectivity index (χ4v) is 5.88. The van der Waals surface area contributed by atoms with E-state index in [1.54, 1.807) is 4.57 Å². The molecule has 0 spiro atoms. The number of nitro benzene ring substituents is 1. The monoisotopic (exact) mass is 488 g/mol. The molecular weight excluding hydrogens is 464 g/mol. The van der Waals surface area contributed by atoms with Crippen molar-refractivity contribution < 1.29 is 14.5 Å². The quantitative estimate of drug-likeness (QED) is 0.219. The van der Waals surface area contributed by atoms with Gasteiger partial charge in [0.25, 0.3) is 11.2 Å². The number of amides is 1. The van der Waals surface area contributed by atoms with E-state index in [9.17, 15) is 19.7 Å². The summed E-state index contributed by atoms with van der Waals surface area (Å²) in [5.41, 5.74) is 1.36. The first-order valence-electron chi connectivity index (χ1n) is 10.7. The number of thioether (sulfide) groups is 1. The number of ether oxygens (including phenoxy) is 1. The summed E-state index contributed by atoms with van der Waals surface area (Å²) in [6.45, 7) is 5.13. The van der Waals surface area contributed by atoms with E-state index in [2.05, 4.69) is 5.32 Å². The lowest BCUT2D eigenvalue weighted by molar-refractivity contribution is -0.384. The van der Waals surface area contributed by atoms with E-state index in [-0.39, 0.29) is 29.0 Å². The van der Waals surface area contributed by atoms with Gasteiger partial charge in [0.2, 0.25) is 5.91 Å². The van der Waals surface area contributed by atoms with Crippen LogP contribution in [0.3, 0.4) is 0 Å². The molecule has 1 fully saturated rings. The highest BCUT2D eigenvalue weighted by Crippen LogP contribution is 2.30. The number of non-ortho nitro benzene ring substituents is 1. The third-order valence-corrected chi connectivity index (χ3v) is 7.55. The Hall–Kier alpha value is -2.76. The number of nitro groups is 1. The van der Waals surface area contributed by atoms with Gasteiger partial charge in [-0.2, -0.15) is 0 Å². The largest absolute Gasteiger partial charge is 0.376 e. The third kappa shape index (κ3) is 5.10. The van der Waals surface area contributed by atoms with E-state index in [0.717, 1.165) is 29.7 Å². The minimum atomic E-state index is -0.493. The van der Waals surface area contributed by atoms with Gasteiger partial charge >= 0.3 is 0 Å². The fourth-order valence-electron chi connectivity index (χ4n) is 3.91. The van der Waals surface area contributed by atoms with Crippen molar-refractivity contribution >= 4 is 50.6 Å². The molecule has 0 saturated carbocycles. The molecule has 1 N–H and O–H groups in total. The Balaban J connectivity index is 1.57. The highest BCUT2D eigenvalue weighted by Gasteiger charge is 2.23. The summed E-state index contributed by atoms with van der Waals surface area (Å²) in [4.78, 5) is 42.8. The number of benzene rings is 1. The second-order valence-electron chi connectivity index (χ2n) is 7.76. The Morgan fingerprint density at radius 1 is 1.39 bits per heavy atom. The number of aryl methyl sites for hydroxylation is 2. The van der Waals surface area contributed by atoms with E-state index < -0.39 is 4.92 Å². The van der Waals surface area contributed by atoms with Gasteiger partial charge in [-0.25, -0.2) is 4.98 Å². The molecule has 0 bridgehead atoms. The lowest BCUT2D eigenvalue weighted by Gasteiger charge is -2.16. The minimum absolute atomic E-state index is 0.0416. The number of hydrogen-bond donors (Lipinski definition) is 1. The van der Waals surface area contributed by atoms with Gasteiger partial charge in [0.15, 0.2) is 5.16 Å². The van der Waals surface area contributed by atoms with Crippen LogP contribution in [0.15, 0.2) is 34.2 Å². The summed E-state index contributed by atoms with van der Waals surface area (Å²) in [5, 5.41) is 14.7. The second kappa shape index (κ2) is 10.0. The molecule has 11 heteroatoms. The Labute approximate surface area is 198 Å². The van der Waals surface area contributed by atoms with Crippen molar-refractivity contribution in [3.8, 4) is 0 Å². The molecule has 3 heterocycles. The van der Waals surface area contributed by atoms with Gasteiger partial charge in [-0.05, 0) is 43.9 Å². The maximum absolute atomic E-state index is 13.5. The average molecular weight is 489 g/mol. The first-order chi connectivity index (χ1) is 15.9. The Morgan fingerprint density at radius 3 is 2.79 bits per heavy atom. The lowest BCUT2D eigenvalue weighted by Crippen LogP contribution is -2.29. The van der Waals surface area contributed by atoms with Crippen LogP contribution in [-0.2, 0) is 22.5 Å². The number of anilines is 1. The fraction of sp³-hybridized carbons (Fsp3) is 0.409. The maximum atomic E-state index is 13.5. The van der Waals surface area contributed by atoms with Crippen molar-refractivity contribution in [2.45, 2.75) is 50.9 Å². The van der Waals surface area contributed by atoms with Crippen LogP contribution in [0.2, 0.25) is 0 Å². The smallest absolute Gasteiger partial charge is 0.269 e. The number of carbonyl (C=O) groups excluding carboxylic acids is 1. The van der Waals surface area contributed by atoms with E-state index >= 15 is 0 Å². The van der Waals surface area contributed by atoms with E-state index in [1.807, 2.05) is 13.8 Å². The Morgan fingerprint density at radius 2 is 2.15 bits per heavy atom. The van der Waals surface area contributed by atoms with Crippen LogP contribution < -0.4 is 10.9 Å². The molecule has 1 saturated heterocycles. The summed E-state index contributed by atoms with van der Waals surface area (Å²) < 4.78 is 7.40. The van der Waals surface area contributed by atoms with Crippen molar-refractivity contribution in [1.82, 2.24) is 9.55 Å². The van der Waals surface area contributed by atoms with Crippen LogP contribution in [0.25, 0.3) is 10.2 Å². The number of thiophene rings is 1. The Kier molecular flexibility index (Phi) is 7.11. The molecule has 174 valence electrons. The molecule has 1 atom stereocenters. The highest BCUT2D eigenvalue weighted by molar-refractivity contribution is 7.99. The van der Waals surface area contributed by atoms with Crippen LogP contribution in [-0.4, -0.2) is 38.8 Å². The van der Waals surface area contributed by atoms with E-state index in [0.29, 0.717) is 34.2 Å². The first kappa shape index (κ1) is 23.4. The van der Waals surface area contributed by atoms with Gasteiger partial charge in [0, 0.05) is 29.3 Å². The zero-order chi connectivity index (χ0) is 23.5. The van der Waals surface area contributed by atoms with Crippen LogP contribution in [0.5, 0.6) is 0 Å². The minimum Gasteiger partial charge on any atom is -0.376 e. The van der Waals surface area contributed by atoms with Crippen LogP contribution >= 0.6 is 23.1 Å². The van der Waals surface area contributed by atoms with Gasteiger partial charge in [0.05, 0.1) is 28.7 Å². The number of hydrogen-bond acceptors (Lipinski definition) is 8. The number of rotatable bonds is 8. The lowest BCUT2D eigenvalue weighted by atomic mass is 10.1. The summed E-state index contributed by atoms with van der Waals surface area (Å²) >= 11 is 2.70. The number of nitrogens with zero attached hydrogens (tertiary/aromatic N) is 3. The first-order valence-corrected chi connectivity index (χ1v) is 12.5. The maximum Gasteiger partial charge on any atom is 0.269 e. The summed E-state index contributed by atoms with van der Waals surface area (Å²) in [6, 6.07) is 5.64. The summed E-state index contributed by atoms with van der Waals surface area (Å²) in [5.74, 6) is -0.241. The number of fused-ring (bicyclic) bond motifs is 1. The SMILES string of the molecule is CCc1c(C)sc2nc(SCC(=O)Nc3ccc([N+](=O)[O-])cc3)n(CC3CCCO3)c(=O)c12.